The highest BCUT2D eigenvalue weighted by Crippen LogP contribution is 2.35. The summed E-state index contributed by atoms with van der Waals surface area (Å²) in [7, 11) is 0. The highest BCUT2D eigenvalue weighted by atomic mass is 35.5. The zero-order valence-corrected chi connectivity index (χ0v) is 16.2. The average Bonchev–Trinajstić information content (AvgIpc) is 2.70. The molecule has 0 unspecified atom stereocenters. The van der Waals surface area contributed by atoms with Crippen molar-refractivity contribution < 1.29 is 4.79 Å². The molecular formula is C22H19ClN2OS. The Labute approximate surface area is 168 Å². The van der Waals surface area contributed by atoms with Crippen molar-refractivity contribution in [2.75, 3.05) is 5.75 Å². The maximum Gasteiger partial charge on any atom is 0.250 e. The van der Waals surface area contributed by atoms with E-state index in [4.69, 9.17) is 11.6 Å². The molecule has 3 rings (SSSR count). The van der Waals surface area contributed by atoms with Crippen LogP contribution in [-0.4, -0.2) is 17.9 Å². The van der Waals surface area contributed by atoms with Crippen LogP contribution in [0, 0.1) is 0 Å². The van der Waals surface area contributed by atoms with Gasteiger partial charge in [0.1, 0.15) is 0 Å². The molecule has 0 aliphatic rings. The summed E-state index contributed by atoms with van der Waals surface area (Å²) in [4.78, 5) is 12.2. The van der Waals surface area contributed by atoms with Crippen molar-refractivity contribution in [3.63, 3.8) is 0 Å². The van der Waals surface area contributed by atoms with Gasteiger partial charge in [-0.2, -0.15) is 5.10 Å². The number of nitrogens with one attached hydrogen (secondary N) is 1. The van der Waals surface area contributed by atoms with Crippen molar-refractivity contribution in [2.24, 2.45) is 5.10 Å². The Bertz CT molecular complexity index is 861. The third kappa shape index (κ3) is 5.98. The summed E-state index contributed by atoms with van der Waals surface area (Å²) in [6.07, 6.45) is 1.58. The Morgan fingerprint density at radius 1 is 0.963 bits per heavy atom. The quantitative estimate of drug-likeness (QED) is 0.435. The van der Waals surface area contributed by atoms with Crippen LogP contribution in [0.3, 0.4) is 0 Å². The molecule has 0 spiro atoms. The van der Waals surface area contributed by atoms with Gasteiger partial charge in [-0.25, -0.2) is 5.43 Å². The van der Waals surface area contributed by atoms with Crippen LogP contribution >= 0.6 is 23.4 Å². The summed E-state index contributed by atoms with van der Waals surface area (Å²) in [5.74, 6) is 0.163. The van der Waals surface area contributed by atoms with Gasteiger partial charge in [0.25, 0.3) is 0 Å². The van der Waals surface area contributed by atoms with E-state index in [1.807, 2.05) is 48.5 Å². The smallest absolute Gasteiger partial charge is 0.250 e. The standard InChI is InChI=1S/C22H19ClN2OS/c23-20-13-7-8-17(14-20)15-24-25-21(26)16-27-22(18-9-3-1-4-10-18)19-11-5-2-6-12-19/h1-15,22H,16H2,(H,25,26)/b24-15+. The van der Waals surface area contributed by atoms with E-state index in [2.05, 4.69) is 34.8 Å². The number of carbonyl (C=O) groups is 1. The van der Waals surface area contributed by atoms with Gasteiger partial charge in [0, 0.05) is 5.02 Å². The third-order valence-corrected chi connectivity index (χ3v) is 5.38. The number of halogens is 1. The maximum absolute atomic E-state index is 12.2. The van der Waals surface area contributed by atoms with Crippen LogP contribution in [-0.2, 0) is 4.79 Å². The second-order valence-electron chi connectivity index (χ2n) is 5.86. The molecule has 0 saturated heterocycles. The van der Waals surface area contributed by atoms with E-state index in [1.54, 1.807) is 30.1 Å². The van der Waals surface area contributed by atoms with E-state index in [1.165, 1.54) is 11.1 Å². The molecule has 136 valence electrons. The Kier molecular flexibility index (Phi) is 7.08. The van der Waals surface area contributed by atoms with Crippen molar-refractivity contribution >= 4 is 35.5 Å². The Hall–Kier alpha value is -2.56. The number of thioether (sulfide) groups is 1. The fourth-order valence-electron chi connectivity index (χ4n) is 2.60. The van der Waals surface area contributed by atoms with Gasteiger partial charge in [-0.3, -0.25) is 4.79 Å². The maximum atomic E-state index is 12.2. The second kappa shape index (κ2) is 9.95. The predicted octanol–water partition coefficient (Wildman–Crippen LogP) is 5.31. The average molecular weight is 395 g/mol. The SMILES string of the molecule is O=C(CSC(c1ccccc1)c1ccccc1)N/N=C/c1cccc(Cl)c1. The molecule has 0 saturated carbocycles. The zero-order chi connectivity index (χ0) is 18.9. The topological polar surface area (TPSA) is 41.5 Å². The van der Waals surface area contributed by atoms with Crippen LogP contribution in [0.1, 0.15) is 21.9 Å². The van der Waals surface area contributed by atoms with Crippen LogP contribution in [0.2, 0.25) is 5.02 Å². The fourth-order valence-corrected chi connectivity index (χ4v) is 3.88. The lowest BCUT2D eigenvalue weighted by atomic mass is 10.0. The minimum Gasteiger partial charge on any atom is -0.272 e. The predicted molar refractivity (Wildman–Crippen MR) is 114 cm³/mol. The molecule has 27 heavy (non-hydrogen) atoms. The Morgan fingerprint density at radius 3 is 2.19 bits per heavy atom. The molecule has 0 aliphatic heterocycles. The minimum atomic E-state index is -0.143. The Balaban J connectivity index is 1.61. The first-order chi connectivity index (χ1) is 13.2. The van der Waals surface area contributed by atoms with Gasteiger partial charge in [-0.15, -0.1) is 11.8 Å². The second-order valence-corrected chi connectivity index (χ2v) is 7.39. The first kappa shape index (κ1) is 19.2. The normalized spacial score (nSPS) is 11.0. The minimum absolute atomic E-state index is 0.0926. The summed E-state index contributed by atoms with van der Waals surface area (Å²) in [6.45, 7) is 0. The van der Waals surface area contributed by atoms with Crippen molar-refractivity contribution in [3.8, 4) is 0 Å². The molecule has 3 aromatic carbocycles. The molecule has 0 heterocycles. The lowest BCUT2D eigenvalue weighted by Gasteiger charge is -2.17. The first-order valence-corrected chi connectivity index (χ1v) is 9.94. The molecule has 0 aromatic heterocycles. The molecule has 3 aromatic rings. The monoisotopic (exact) mass is 394 g/mol. The first-order valence-electron chi connectivity index (χ1n) is 8.51. The van der Waals surface area contributed by atoms with Gasteiger partial charge in [0.05, 0.1) is 17.2 Å². The largest absolute Gasteiger partial charge is 0.272 e. The van der Waals surface area contributed by atoms with Crippen molar-refractivity contribution in [1.29, 1.82) is 0 Å². The van der Waals surface area contributed by atoms with Gasteiger partial charge in [-0.1, -0.05) is 84.4 Å². The van der Waals surface area contributed by atoms with E-state index in [9.17, 15) is 4.79 Å². The molecule has 5 heteroatoms. The van der Waals surface area contributed by atoms with E-state index in [0.29, 0.717) is 10.8 Å². The van der Waals surface area contributed by atoms with Crippen LogP contribution in [0.4, 0.5) is 0 Å². The van der Waals surface area contributed by atoms with Crippen LogP contribution in [0.5, 0.6) is 0 Å². The lowest BCUT2D eigenvalue weighted by Crippen LogP contribution is -2.20. The number of benzene rings is 3. The van der Waals surface area contributed by atoms with E-state index in [0.717, 1.165) is 5.56 Å². The van der Waals surface area contributed by atoms with E-state index in [-0.39, 0.29) is 11.2 Å². The van der Waals surface area contributed by atoms with Gasteiger partial charge >= 0.3 is 0 Å². The van der Waals surface area contributed by atoms with Crippen molar-refractivity contribution in [1.82, 2.24) is 5.43 Å². The number of amides is 1. The highest BCUT2D eigenvalue weighted by Gasteiger charge is 2.16. The highest BCUT2D eigenvalue weighted by molar-refractivity contribution is 8.00. The zero-order valence-electron chi connectivity index (χ0n) is 14.6. The summed E-state index contributed by atoms with van der Waals surface area (Å²) < 4.78 is 0. The van der Waals surface area contributed by atoms with Crippen molar-refractivity contribution in [3.05, 3.63) is 107 Å². The lowest BCUT2D eigenvalue weighted by molar-refractivity contribution is -0.118. The van der Waals surface area contributed by atoms with Gasteiger partial charge in [0.15, 0.2) is 0 Å². The van der Waals surface area contributed by atoms with Crippen LogP contribution in [0.15, 0.2) is 90.0 Å². The molecule has 0 fully saturated rings. The summed E-state index contributed by atoms with van der Waals surface area (Å²) in [6, 6.07) is 27.7. The molecule has 0 atom stereocenters. The molecule has 0 aliphatic carbocycles. The molecule has 0 bridgehead atoms. The van der Waals surface area contributed by atoms with Crippen LogP contribution in [0.25, 0.3) is 0 Å². The number of hydrazone groups is 1. The third-order valence-electron chi connectivity index (χ3n) is 3.84. The molecule has 1 N–H and O–H groups in total. The molecule has 0 radical (unpaired) electrons. The summed E-state index contributed by atoms with van der Waals surface area (Å²) >= 11 is 7.51. The van der Waals surface area contributed by atoms with Crippen molar-refractivity contribution in [2.45, 2.75) is 5.25 Å². The van der Waals surface area contributed by atoms with E-state index >= 15 is 0 Å². The number of carbonyl (C=O) groups excluding carboxylic acids is 1. The number of rotatable bonds is 7. The fraction of sp³-hybridized carbons (Fsp3) is 0.0909. The number of hydrogen-bond acceptors (Lipinski definition) is 3. The Morgan fingerprint density at radius 2 is 1.59 bits per heavy atom. The molecule has 3 nitrogen and oxygen atoms in total. The molecular weight excluding hydrogens is 376 g/mol. The summed E-state index contributed by atoms with van der Waals surface area (Å²) in [5, 5.41) is 4.74. The molecule has 1 amide bonds. The van der Waals surface area contributed by atoms with Gasteiger partial charge < -0.3 is 0 Å². The van der Waals surface area contributed by atoms with Gasteiger partial charge in [0.2, 0.25) is 5.91 Å². The number of nitrogens with zero attached hydrogens (tertiary/aromatic N) is 1. The summed E-state index contributed by atoms with van der Waals surface area (Å²) in [5.41, 5.74) is 5.75. The van der Waals surface area contributed by atoms with Gasteiger partial charge in [-0.05, 0) is 28.8 Å². The number of hydrogen-bond donors (Lipinski definition) is 1. The van der Waals surface area contributed by atoms with E-state index < -0.39 is 0 Å². The van der Waals surface area contributed by atoms with Crippen LogP contribution < -0.4 is 5.43 Å².